The highest BCUT2D eigenvalue weighted by Crippen LogP contribution is 2.29. The average Bonchev–Trinajstić information content (AvgIpc) is 2.40. The van der Waals surface area contributed by atoms with E-state index in [4.69, 9.17) is 0 Å². The van der Waals surface area contributed by atoms with Crippen molar-refractivity contribution in [2.24, 2.45) is 0 Å². The fourth-order valence-electron chi connectivity index (χ4n) is 1.81. The Hall–Kier alpha value is -2.04. The highest BCUT2D eigenvalue weighted by molar-refractivity contribution is 5.51. The van der Waals surface area contributed by atoms with Gasteiger partial charge in [-0.3, -0.25) is 0 Å². The topological polar surface area (TPSA) is 12.0 Å². The van der Waals surface area contributed by atoms with E-state index in [9.17, 15) is 17.6 Å². The normalized spacial score (nSPS) is 11.4. The number of anilines is 1. The van der Waals surface area contributed by atoms with Crippen LogP contribution < -0.4 is 5.32 Å². The van der Waals surface area contributed by atoms with Crippen LogP contribution in [-0.4, -0.2) is 0 Å². The Labute approximate surface area is 114 Å². The molecule has 0 aliphatic heterocycles. The van der Waals surface area contributed by atoms with Crippen molar-refractivity contribution >= 4 is 5.69 Å². The van der Waals surface area contributed by atoms with E-state index >= 15 is 0 Å². The van der Waals surface area contributed by atoms with Gasteiger partial charge in [-0.1, -0.05) is 18.2 Å². The molecule has 0 saturated heterocycles. The first-order chi connectivity index (χ1) is 9.38. The molecule has 2 aromatic carbocycles. The zero-order valence-electron chi connectivity index (χ0n) is 10.8. The molecule has 0 bridgehead atoms. The van der Waals surface area contributed by atoms with Crippen molar-refractivity contribution in [3.05, 3.63) is 65.0 Å². The summed E-state index contributed by atoms with van der Waals surface area (Å²) in [6.07, 6.45) is -4.33. The molecule has 0 unspecified atom stereocenters. The Bertz CT molecular complexity index is 588. The lowest BCUT2D eigenvalue weighted by atomic mass is 10.1. The standard InChI is InChI=1S/C15H13F4N/c1-10-13(16)3-2-4-14(10)20-9-11-5-7-12(8-6-11)15(17,18)19/h2-8,20H,9H2,1H3. The Morgan fingerprint density at radius 1 is 1.00 bits per heavy atom. The number of alkyl halides is 3. The van der Waals surface area contributed by atoms with Gasteiger partial charge in [-0.15, -0.1) is 0 Å². The first-order valence-electron chi connectivity index (χ1n) is 6.03. The van der Waals surface area contributed by atoms with Gasteiger partial charge in [0.2, 0.25) is 0 Å². The summed E-state index contributed by atoms with van der Waals surface area (Å²) in [6.45, 7) is 1.98. The highest BCUT2D eigenvalue weighted by Gasteiger charge is 2.29. The summed E-state index contributed by atoms with van der Waals surface area (Å²) in [5.41, 5.74) is 1.13. The van der Waals surface area contributed by atoms with E-state index in [0.29, 0.717) is 23.4 Å². The maximum absolute atomic E-state index is 13.3. The molecule has 0 spiro atoms. The van der Waals surface area contributed by atoms with Crippen LogP contribution in [0.2, 0.25) is 0 Å². The predicted molar refractivity (Wildman–Crippen MR) is 69.9 cm³/mol. The zero-order chi connectivity index (χ0) is 14.8. The van der Waals surface area contributed by atoms with E-state index < -0.39 is 11.7 Å². The molecule has 0 heterocycles. The van der Waals surface area contributed by atoms with Crippen LogP contribution in [0.4, 0.5) is 23.2 Å². The van der Waals surface area contributed by atoms with Gasteiger partial charge in [0.15, 0.2) is 0 Å². The lowest BCUT2D eigenvalue weighted by molar-refractivity contribution is -0.137. The largest absolute Gasteiger partial charge is 0.416 e. The van der Waals surface area contributed by atoms with E-state index in [2.05, 4.69) is 5.32 Å². The van der Waals surface area contributed by atoms with Crippen molar-refractivity contribution in [3.63, 3.8) is 0 Å². The Morgan fingerprint density at radius 2 is 1.65 bits per heavy atom. The quantitative estimate of drug-likeness (QED) is 0.800. The third kappa shape index (κ3) is 3.29. The zero-order valence-corrected chi connectivity index (χ0v) is 10.8. The lowest BCUT2D eigenvalue weighted by Gasteiger charge is -2.11. The monoisotopic (exact) mass is 283 g/mol. The van der Waals surface area contributed by atoms with Crippen molar-refractivity contribution in [2.75, 3.05) is 5.32 Å². The first-order valence-corrected chi connectivity index (χ1v) is 6.03. The van der Waals surface area contributed by atoms with Gasteiger partial charge in [0.25, 0.3) is 0 Å². The van der Waals surface area contributed by atoms with Crippen LogP contribution in [0.5, 0.6) is 0 Å². The SMILES string of the molecule is Cc1c(F)cccc1NCc1ccc(C(F)(F)F)cc1. The smallest absolute Gasteiger partial charge is 0.381 e. The Morgan fingerprint density at radius 3 is 2.25 bits per heavy atom. The van der Waals surface area contributed by atoms with Gasteiger partial charge in [-0.05, 0) is 36.8 Å². The number of rotatable bonds is 3. The fraction of sp³-hybridized carbons (Fsp3) is 0.200. The van der Waals surface area contributed by atoms with Gasteiger partial charge >= 0.3 is 6.18 Å². The van der Waals surface area contributed by atoms with Crippen LogP contribution in [0, 0.1) is 12.7 Å². The molecule has 1 nitrogen and oxygen atoms in total. The van der Waals surface area contributed by atoms with Crippen LogP contribution in [0.25, 0.3) is 0 Å². The summed E-state index contributed by atoms with van der Waals surface area (Å²) in [5.74, 6) is -0.317. The number of nitrogens with one attached hydrogen (secondary N) is 1. The van der Waals surface area contributed by atoms with Crippen LogP contribution in [0.15, 0.2) is 42.5 Å². The van der Waals surface area contributed by atoms with Crippen LogP contribution >= 0.6 is 0 Å². The van der Waals surface area contributed by atoms with Gasteiger partial charge in [-0.2, -0.15) is 13.2 Å². The molecule has 2 aromatic rings. The van der Waals surface area contributed by atoms with Crippen molar-refractivity contribution in [1.82, 2.24) is 0 Å². The third-order valence-corrected chi connectivity index (χ3v) is 3.03. The van der Waals surface area contributed by atoms with Gasteiger partial charge in [0.1, 0.15) is 5.82 Å². The first kappa shape index (κ1) is 14.4. The molecule has 0 saturated carbocycles. The summed E-state index contributed by atoms with van der Waals surface area (Å²) in [7, 11) is 0. The van der Waals surface area contributed by atoms with Crippen molar-refractivity contribution in [1.29, 1.82) is 0 Å². The summed E-state index contributed by atoms with van der Waals surface area (Å²) in [4.78, 5) is 0. The summed E-state index contributed by atoms with van der Waals surface area (Å²) in [5, 5.41) is 3.01. The second-order valence-corrected chi connectivity index (χ2v) is 4.46. The minimum atomic E-state index is -4.33. The molecule has 106 valence electrons. The minimum absolute atomic E-state index is 0.317. The minimum Gasteiger partial charge on any atom is -0.381 e. The second kappa shape index (κ2) is 5.53. The molecule has 0 atom stereocenters. The number of halogens is 4. The number of benzene rings is 2. The molecule has 0 radical (unpaired) electrons. The van der Waals surface area contributed by atoms with Gasteiger partial charge in [0, 0.05) is 17.8 Å². The summed E-state index contributed by atoms with van der Waals surface area (Å²) < 4.78 is 50.6. The molecule has 0 fully saturated rings. The molecule has 20 heavy (non-hydrogen) atoms. The van der Waals surface area contributed by atoms with E-state index in [1.807, 2.05) is 0 Å². The fourth-order valence-corrected chi connectivity index (χ4v) is 1.81. The Balaban J connectivity index is 2.06. The van der Waals surface area contributed by atoms with E-state index in [0.717, 1.165) is 12.1 Å². The van der Waals surface area contributed by atoms with E-state index in [-0.39, 0.29) is 5.82 Å². The lowest BCUT2D eigenvalue weighted by Crippen LogP contribution is -2.06. The highest BCUT2D eigenvalue weighted by atomic mass is 19.4. The van der Waals surface area contributed by atoms with Crippen LogP contribution in [0.1, 0.15) is 16.7 Å². The van der Waals surface area contributed by atoms with E-state index in [1.165, 1.54) is 18.2 Å². The van der Waals surface area contributed by atoms with Crippen molar-refractivity contribution < 1.29 is 17.6 Å². The van der Waals surface area contributed by atoms with Gasteiger partial charge < -0.3 is 5.32 Å². The molecular weight excluding hydrogens is 270 g/mol. The molecule has 0 amide bonds. The van der Waals surface area contributed by atoms with Gasteiger partial charge in [0.05, 0.1) is 5.56 Å². The second-order valence-electron chi connectivity index (χ2n) is 4.46. The molecule has 2 rings (SSSR count). The van der Waals surface area contributed by atoms with Crippen molar-refractivity contribution in [2.45, 2.75) is 19.6 Å². The third-order valence-electron chi connectivity index (χ3n) is 3.03. The number of hydrogen-bond donors (Lipinski definition) is 1. The maximum atomic E-state index is 13.3. The van der Waals surface area contributed by atoms with Crippen molar-refractivity contribution in [3.8, 4) is 0 Å². The molecule has 0 aliphatic rings. The van der Waals surface area contributed by atoms with Crippen LogP contribution in [-0.2, 0) is 12.7 Å². The average molecular weight is 283 g/mol. The molecule has 0 aliphatic carbocycles. The van der Waals surface area contributed by atoms with Crippen LogP contribution in [0.3, 0.4) is 0 Å². The summed E-state index contributed by atoms with van der Waals surface area (Å²) in [6, 6.07) is 9.55. The molecule has 5 heteroatoms. The van der Waals surface area contributed by atoms with Gasteiger partial charge in [-0.25, -0.2) is 4.39 Å². The molecule has 0 aromatic heterocycles. The summed E-state index contributed by atoms with van der Waals surface area (Å²) >= 11 is 0. The maximum Gasteiger partial charge on any atom is 0.416 e. The number of hydrogen-bond acceptors (Lipinski definition) is 1. The van der Waals surface area contributed by atoms with E-state index in [1.54, 1.807) is 19.1 Å². The predicted octanol–water partition coefficient (Wildman–Crippen LogP) is 4.77. The Kier molecular flexibility index (Phi) is 3.97. The molecule has 1 N–H and O–H groups in total. The molecular formula is C15H13F4N.